The van der Waals surface area contributed by atoms with Crippen LogP contribution in [0.25, 0.3) is 11.3 Å². The average molecular weight is 327 g/mol. The maximum absolute atomic E-state index is 12.9. The van der Waals surface area contributed by atoms with Crippen LogP contribution in [0.2, 0.25) is 0 Å². The highest BCUT2D eigenvalue weighted by Gasteiger charge is 2.26. The van der Waals surface area contributed by atoms with E-state index in [1.807, 2.05) is 0 Å². The number of benzene rings is 2. The third kappa shape index (κ3) is 2.74. The second-order valence-electron chi connectivity index (χ2n) is 4.81. The molecule has 3 N–H and O–H groups in total. The van der Waals surface area contributed by atoms with Crippen LogP contribution in [0.5, 0.6) is 0 Å². The number of hydrogen-bond acceptors (Lipinski definition) is 5. The molecule has 0 fully saturated rings. The van der Waals surface area contributed by atoms with Gasteiger partial charge in [-0.3, -0.25) is 0 Å². The SMILES string of the molecule is Nc1nc(=O)[nH]c(-c2ccccc2)c1S(=O)(=O)c1ccccc1. The number of nitrogens with zero attached hydrogens (tertiary/aromatic N) is 1. The van der Waals surface area contributed by atoms with E-state index in [-0.39, 0.29) is 21.3 Å². The molecule has 0 aliphatic carbocycles. The number of aromatic nitrogens is 2. The molecule has 23 heavy (non-hydrogen) atoms. The van der Waals surface area contributed by atoms with Crippen molar-refractivity contribution in [3.05, 3.63) is 71.1 Å². The van der Waals surface area contributed by atoms with Crippen LogP contribution >= 0.6 is 0 Å². The Kier molecular flexibility index (Phi) is 3.71. The number of nitrogen functional groups attached to an aromatic ring is 1. The van der Waals surface area contributed by atoms with Gasteiger partial charge in [0.05, 0.1) is 10.6 Å². The van der Waals surface area contributed by atoms with Crippen molar-refractivity contribution >= 4 is 15.7 Å². The fourth-order valence-electron chi connectivity index (χ4n) is 2.28. The zero-order valence-corrected chi connectivity index (χ0v) is 12.7. The maximum atomic E-state index is 12.9. The second kappa shape index (κ2) is 5.69. The molecule has 0 saturated carbocycles. The minimum absolute atomic E-state index is 0.0812. The number of nitrogens with two attached hydrogens (primary N) is 1. The predicted molar refractivity (Wildman–Crippen MR) is 86.6 cm³/mol. The number of sulfone groups is 1. The molecular formula is C16H13N3O3S. The molecule has 0 atom stereocenters. The lowest BCUT2D eigenvalue weighted by Gasteiger charge is -2.12. The summed E-state index contributed by atoms with van der Waals surface area (Å²) in [7, 11) is -3.92. The van der Waals surface area contributed by atoms with E-state index in [2.05, 4.69) is 9.97 Å². The van der Waals surface area contributed by atoms with Crippen LogP contribution < -0.4 is 11.4 Å². The molecule has 3 aromatic rings. The highest BCUT2D eigenvalue weighted by atomic mass is 32.2. The van der Waals surface area contributed by atoms with Gasteiger partial charge in [0, 0.05) is 0 Å². The van der Waals surface area contributed by atoms with Gasteiger partial charge in [-0.05, 0) is 17.7 Å². The molecule has 0 spiro atoms. The molecule has 6 nitrogen and oxygen atoms in total. The average Bonchev–Trinajstić information content (AvgIpc) is 2.55. The lowest BCUT2D eigenvalue weighted by Crippen LogP contribution is -2.19. The van der Waals surface area contributed by atoms with Gasteiger partial charge in [0.1, 0.15) is 4.90 Å². The van der Waals surface area contributed by atoms with E-state index in [1.165, 1.54) is 12.1 Å². The van der Waals surface area contributed by atoms with Gasteiger partial charge in [-0.1, -0.05) is 48.5 Å². The molecule has 0 radical (unpaired) electrons. The van der Waals surface area contributed by atoms with Crippen molar-refractivity contribution in [2.75, 3.05) is 5.73 Å². The highest BCUT2D eigenvalue weighted by Crippen LogP contribution is 2.31. The quantitative estimate of drug-likeness (QED) is 0.763. The number of anilines is 1. The van der Waals surface area contributed by atoms with E-state index in [9.17, 15) is 13.2 Å². The largest absolute Gasteiger partial charge is 0.382 e. The molecule has 3 rings (SSSR count). The molecule has 0 amide bonds. The van der Waals surface area contributed by atoms with Gasteiger partial charge in [-0.25, -0.2) is 13.2 Å². The van der Waals surface area contributed by atoms with Crippen LogP contribution in [0.3, 0.4) is 0 Å². The van der Waals surface area contributed by atoms with E-state index in [4.69, 9.17) is 5.73 Å². The number of H-pyrrole nitrogens is 1. The van der Waals surface area contributed by atoms with E-state index in [1.54, 1.807) is 48.5 Å². The Hall–Kier alpha value is -2.93. The van der Waals surface area contributed by atoms with Gasteiger partial charge in [0.2, 0.25) is 9.84 Å². The van der Waals surface area contributed by atoms with Gasteiger partial charge in [-0.2, -0.15) is 4.98 Å². The molecule has 1 heterocycles. The van der Waals surface area contributed by atoms with Crippen molar-refractivity contribution in [2.45, 2.75) is 9.79 Å². The number of aromatic amines is 1. The first-order valence-corrected chi connectivity index (χ1v) is 8.24. The van der Waals surface area contributed by atoms with Crippen LogP contribution in [0.4, 0.5) is 5.82 Å². The highest BCUT2D eigenvalue weighted by molar-refractivity contribution is 7.91. The molecule has 7 heteroatoms. The standard InChI is InChI=1S/C16H13N3O3S/c17-15-14(23(21,22)12-9-5-2-6-10-12)13(18-16(20)19-15)11-7-3-1-4-8-11/h1-10H,(H3,17,18,19,20). The number of hydrogen-bond donors (Lipinski definition) is 2. The Balaban J connectivity index is 2.35. The molecule has 0 bridgehead atoms. The Labute approximate surface area is 132 Å². The minimum atomic E-state index is -3.92. The molecule has 1 aromatic heterocycles. The van der Waals surface area contributed by atoms with Crippen LogP contribution in [0.1, 0.15) is 0 Å². The summed E-state index contributed by atoms with van der Waals surface area (Å²) in [6.45, 7) is 0. The molecule has 0 unspecified atom stereocenters. The Morgan fingerprint density at radius 3 is 2.09 bits per heavy atom. The van der Waals surface area contributed by atoms with Crippen LogP contribution in [-0.4, -0.2) is 18.4 Å². The van der Waals surface area contributed by atoms with E-state index in [0.29, 0.717) is 5.56 Å². The molecule has 0 aliphatic rings. The van der Waals surface area contributed by atoms with Crippen molar-refractivity contribution in [2.24, 2.45) is 0 Å². The van der Waals surface area contributed by atoms with E-state index >= 15 is 0 Å². The lowest BCUT2D eigenvalue weighted by molar-refractivity contribution is 0.596. The van der Waals surface area contributed by atoms with Gasteiger partial charge in [0.25, 0.3) is 0 Å². The lowest BCUT2D eigenvalue weighted by atomic mass is 10.1. The smallest absolute Gasteiger partial charge is 0.347 e. The van der Waals surface area contributed by atoms with Gasteiger partial charge >= 0.3 is 5.69 Å². The van der Waals surface area contributed by atoms with Gasteiger partial charge < -0.3 is 10.7 Å². The summed E-state index contributed by atoms with van der Waals surface area (Å²) in [6, 6.07) is 16.5. The summed E-state index contributed by atoms with van der Waals surface area (Å²) in [5.41, 5.74) is 5.74. The fraction of sp³-hybridized carbons (Fsp3) is 0. The Morgan fingerprint density at radius 2 is 1.48 bits per heavy atom. The summed E-state index contributed by atoms with van der Waals surface area (Å²) < 4.78 is 25.8. The van der Waals surface area contributed by atoms with Gasteiger partial charge in [0.15, 0.2) is 5.82 Å². The van der Waals surface area contributed by atoms with Crippen LogP contribution in [0.15, 0.2) is 75.2 Å². The summed E-state index contributed by atoms with van der Waals surface area (Å²) in [4.78, 5) is 17.6. The van der Waals surface area contributed by atoms with Crippen molar-refractivity contribution in [1.82, 2.24) is 9.97 Å². The monoisotopic (exact) mass is 327 g/mol. The predicted octanol–water partition coefficient (Wildman–Crippen LogP) is 1.85. The van der Waals surface area contributed by atoms with E-state index < -0.39 is 15.5 Å². The first-order chi connectivity index (χ1) is 11.0. The third-order valence-electron chi connectivity index (χ3n) is 3.30. The fourth-order valence-corrected chi connectivity index (χ4v) is 3.79. The molecule has 116 valence electrons. The van der Waals surface area contributed by atoms with Crippen LogP contribution in [-0.2, 0) is 9.84 Å². The Morgan fingerprint density at radius 1 is 0.913 bits per heavy atom. The topological polar surface area (TPSA) is 106 Å². The summed E-state index contributed by atoms with van der Waals surface area (Å²) >= 11 is 0. The third-order valence-corrected chi connectivity index (χ3v) is 5.14. The summed E-state index contributed by atoms with van der Waals surface area (Å²) in [5.74, 6) is -0.323. The number of rotatable bonds is 3. The Bertz CT molecular complexity index is 998. The normalized spacial score (nSPS) is 11.3. The number of nitrogens with one attached hydrogen (secondary N) is 1. The first-order valence-electron chi connectivity index (χ1n) is 6.75. The maximum Gasteiger partial charge on any atom is 0.347 e. The second-order valence-corrected chi connectivity index (χ2v) is 6.70. The molecular weight excluding hydrogens is 314 g/mol. The molecule has 0 aliphatic heterocycles. The molecule has 2 aromatic carbocycles. The molecule has 0 saturated heterocycles. The van der Waals surface area contributed by atoms with E-state index in [0.717, 1.165) is 0 Å². The summed E-state index contributed by atoms with van der Waals surface area (Å²) in [6.07, 6.45) is 0. The van der Waals surface area contributed by atoms with Crippen LogP contribution in [0, 0.1) is 0 Å². The van der Waals surface area contributed by atoms with Gasteiger partial charge in [-0.15, -0.1) is 0 Å². The first kappa shape index (κ1) is 15.0. The van der Waals surface area contributed by atoms with Crippen molar-refractivity contribution in [3.63, 3.8) is 0 Å². The zero-order valence-electron chi connectivity index (χ0n) is 11.9. The van der Waals surface area contributed by atoms with Crippen molar-refractivity contribution < 1.29 is 8.42 Å². The van der Waals surface area contributed by atoms with Crippen molar-refractivity contribution in [3.8, 4) is 11.3 Å². The minimum Gasteiger partial charge on any atom is -0.382 e. The summed E-state index contributed by atoms with van der Waals surface area (Å²) in [5, 5.41) is 0. The van der Waals surface area contributed by atoms with Crippen molar-refractivity contribution in [1.29, 1.82) is 0 Å². The zero-order chi connectivity index (χ0) is 16.4.